The van der Waals surface area contributed by atoms with Gasteiger partial charge in [-0.15, -0.1) is 0 Å². The van der Waals surface area contributed by atoms with Crippen LogP contribution in [-0.4, -0.2) is 43.4 Å². The molecule has 0 heterocycles. The van der Waals surface area contributed by atoms with Gasteiger partial charge in [-0.1, -0.05) is 13.3 Å². The molecule has 3 N–H and O–H groups in total. The summed E-state index contributed by atoms with van der Waals surface area (Å²) in [6, 6.07) is -0.505. The predicted octanol–water partition coefficient (Wildman–Crippen LogP) is -0.682. The third kappa shape index (κ3) is 4.81. The molecule has 2 amide bonds. The van der Waals surface area contributed by atoms with Crippen LogP contribution in [0.2, 0.25) is 0 Å². The molecule has 0 aliphatic heterocycles. The normalized spacial score (nSPS) is 12.0. The first-order valence-electron chi connectivity index (χ1n) is 4.72. The summed E-state index contributed by atoms with van der Waals surface area (Å²) in [5.74, 6) is -0.399. The van der Waals surface area contributed by atoms with E-state index in [0.717, 1.165) is 6.42 Å². The van der Waals surface area contributed by atoms with Crippen LogP contribution in [-0.2, 0) is 9.59 Å². The van der Waals surface area contributed by atoms with Crippen molar-refractivity contribution in [2.24, 2.45) is 5.73 Å². The minimum atomic E-state index is -0.505. The highest BCUT2D eigenvalue weighted by Crippen LogP contribution is 1.92. The highest BCUT2D eigenvalue weighted by atomic mass is 16.2. The summed E-state index contributed by atoms with van der Waals surface area (Å²) >= 11 is 0. The molecule has 1 unspecified atom stereocenters. The maximum atomic E-state index is 11.3. The van der Waals surface area contributed by atoms with E-state index in [9.17, 15) is 9.59 Å². The highest BCUT2D eigenvalue weighted by molar-refractivity contribution is 5.87. The number of hydrogen-bond donors (Lipinski definition) is 2. The van der Waals surface area contributed by atoms with Gasteiger partial charge in [0.2, 0.25) is 11.8 Å². The lowest BCUT2D eigenvalue weighted by Gasteiger charge is -2.13. The molecule has 0 bridgehead atoms. The van der Waals surface area contributed by atoms with Gasteiger partial charge >= 0.3 is 0 Å². The fourth-order valence-corrected chi connectivity index (χ4v) is 0.894. The standard InChI is InChI=1S/C9H19N3O2/c1-4-5-7(10)9(14)11-6-8(13)12(2)3/h7H,4-6,10H2,1-3H3,(H,11,14). The van der Waals surface area contributed by atoms with Crippen LogP contribution in [0.4, 0.5) is 0 Å². The Kier molecular flexibility index (Phi) is 5.87. The van der Waals surface area contributed by atoms with Crippen molar-refractivity contribution in [3.63, 3.8) is 0 Å². The van der Waals surface area contributed by atoms with Crippen LogP contribution < -0.4 is 11.1 Å². The average molecular weight is 201 g/mol. The molecule has 0 rings (SSSR count). The van der Waals surface area contributed by atoms with Gasteiger partial charge in [-0.05, 0) is 6.42 Å². The predicted molar refractivity (Wildman–Crippen MR) is 54.6 cm³/mol. The Morgan fingerprint density at radius 3 is 2.43 bits per heavy atom. The molecule has 0 fully saturated rings. The van der Waals surface area contributed by atoms with E-state index in [1.54, 1.807) is 14.1 Å². The minimum Gasteiger partial charge on any atom is -0.347 e. The van der Waals surface area contributed by atoms with E-state index < -0.39 is 6.04 Å². The van der Waals surface area contributed by atoms with Gasteiger partial charge in [0.25, 0.3) is 0 Å². The summed E-state index contributed by atoms with van der Waals surface area (Å²) < 4.78 is 0. The molecule has 0 aromatic carbocycles. The molecule has 82 valence electrons. The van der Waals surface area contributed by atoms with E-state index in [-0.39, 0.29) is 18.4 Å². The molecule has 0 aliphatic rings. The second-order valence-electron chi connectivity index (χ2n) is 3.40. The molecule has 0 radical (unpaired) electrons. The van der Waals surface area contributed by atoms with Crippen molar-refractivity contribution in [2.75, 3.05) is 20.6 Å². The van der Waals surface area contributed by atoms with Gasteiger partial charge < -0.3 is 16.0 Å². The molecule has 0 spiro atoms. The van der Waals surface area contributed by atoms with Gasteiger partial charge in [0.05, 0.1) is 12.6 Å². The van der Waals surface area contributed by atoms with Crippen molar-refractivity contribution >= 4 is 11.8 Å². The molecular formula is C9H19N3O2. The highest BCUT2D eigenvalue weighted by Gasteiger charge is 2.13. The van der Waals surface area contributed by atoms with E-state index in [0.29, 0.717) is 6.42 Å². The van der Waals surface area contributed by atoms with Crippen LogP contribution in [0.3, 0.4) is 0 Å². The van der Waals surface area contributed by atoms with E-state index in [2.05, 4.69) is 5.32 Å². The van der Waals surface area contributed by atoms with Crippen LogP contribution in [0.15, 0.2) is 0 Å². The molecule has 5 heteroatoms. The first-order chi connectivity index (χ1) is 6.49. The Morgan fingerprint density at radius 2 is 2.00 bits per heavy atom. The Bertz CT molecular complexity index is 204. The quantitative estimate of drug-likeness (QED) is 0.618. The number of nitrogens with one attached hydrogen (secondary N) is 1. The molecule has 0 aliphatic carbocycles. The van der Waals surface area contributed by atoms with E-state index >= 15 is 0 Å². The maximum Gasteiger partial charge on any atom is 0.241 e. The van der Waals surface area contributed by atoms with Crippen molar-refractivity contribution in [3.05, 3.63) is 0 Å². The van der Waals surface area contributed by atoms with Gasteiger partial charge in [-0.3, -0.25) is 9.59 Å². The first-order valence-corrected chi connectivity index (χ1v) is 4.72. The third-order valence-corrected chi connectivity index (χ3v) is 1.85. The van der Waals surface area contributed by atoms with Crippen LogP contribution in [0.1, 0.15) is 19.8 Å². The van der Waals surface area contributed by atoms with E-state index in [1.807, 2.05) is 6.92 Å². The molecule has 0 saturated carbocycles. The summed E-state index contributed by atoms with van der Waals surface area (Å²) in [5, 5.41) is 2.49. The Balaban J connectivity index is 3.79. The average Bonchev–Trinajstić information content (AvgIpc) is 2.13. The third-order valence-electron chi connectivity index (χ3n) is 1.85. The molecular weight excluding hydrogens is 182 g/mol. The molecule has 1 atom stereocenters. The molecule has 0 aromatic heterocycles. The fourth-order valence-electron chi connectivity index (χ4n) is 0.894. The SMILES string of the molecule is CCCC(N)C(=O)NCC(=O)N(C)C. The van der Waals surface area contributed by atoms with Crippen LogP contribution in [0.5, 0.6) is 0 Å². The lowest BCUT2D eigenvalue weighted by atomic mass is 10.2. The van der Waals surface area contributed by atoms with Gasteiger partial charge in [0.1, 0.15) is 0 Å². The van der Waals surface area contributed by atoms with Crippen molar-refractivity contribution in [1.29, 1.82) is 0 Å². The number of rotatable bonds is 5. The number of amides is 2. The summed E-state index contributed by atoms with van der Waals surface area (Å²) in [4.78, 5) is 23.8. The summed E-state index contributed by atoms with van der Waals surface area (Å²) in [7, 11) is 3.28. The summed E-state index contributed by atoms with van der Waals surface area (Å²) in [5.41, 5.74) is 5.55. The van der Waals surface area contributed by atoms with Gasteiger partial charge in [0, 0.05) is 14.1 Å². The fraction of sp³-hybridized carbons (Fsp3) is 0.778. The Labute approximate surface area is 84.6 Å². The monoisotopic (exact) mass is 201 g/mol. The smallest absolute Gasteiger partial charge is 0.241 e. The van der Waals surface area contributed by atoms with Crippen LogP contribution in [0.25, 0.3) is 0 Å². The zero-order valence-corrected chi connectivity index (χ0v) is 9.04. The summed E-state index contributed by atoms with van der Waals surface area (Å²) in [6.07, 6.45) is 1.50. The van der Waals surface area contributed by atoms with Gasteiger partial charge in [-0.25, -0.2) is 0 Å². The largest absolute Gasteiger partial charge is 0.347 e. The lowest BCUT2D eigenvalue weighted by molar-refractivity contribution is -0.131. The zero-order chi connectivity index (χ0) is 11.1. The number of carbonyl (C=O) groups is 2. The van der Waals surface area contributed by atoms with Crippen molar-refractivity contribution in [3.8, 4) is 0 Å². The number of carbonyl (C=O) groups excluding carboxylic acids is 2. The van der Waals surface area contributed by atoms with E-state index in [1.165, 1.54) is 4.90 Å². The lowest BCUT2D eigenvalue weighted by Crippen LogP contribution is -2.44. The van der Waals surface area contributed by atoms with E-state index in [4.69, 9.17) is 5.73 Å². The van der Waals surface area contributed by atoms with Crippen molar-refractivity contribution in [2.45, 2.75) is 25.8 Å². The van der Waals surface area contributed by atoms with Crippen molar-refractivity contribution in [1.82, 2.24) is 10.2 Å². The molecule has 14 heavy (non-hydrogen) atoms. The number of likely N-dealkylation sites (N-methyl/N-ethyl adjacent to an activating group) is 1. The second-order valence-corrected chi connectivity index (χ2v) is 3.40. The molecule has 5 nitrogen and oxygen atoms in total. The second kappa shape index (κ2) is 6.37. The molecule has 0 saturated heterocycles. The Hall–Kier alpha value is -1.10. The van der Waals surface area contributed by atoms with Gasteiger partial charge in [0.15, 0.2) is 0 Å². The molecule has 0 aromatic rings. The van der Waals surface area contributed by atoms with Crippen LogP contribution in [0, 0.1) is 0 Å². The Morgan fingerprint density at radius 1 is 1.43 bits per heavy atom. The number of nitrogens with zero attached hydrogens (tertiary/aromatic N) is 1. The van der Waals surface area contributed by atoms with Crippen LogP contribution >= 0.6 is 0 Å². The van der Waals surface area contributed by atoms with Crippen molar-refractivity contribution < 1.29 is 9.59 Å². The summed E-state index contributed by atoms with van der Waals surface area (Å²) in [6.45, 7) is 1.97. The number of hydrogen-bond acceptors (Lipinski definition) is 3. The minimum absolute atomic E-state index is 0.0171. The maximum absolute atomic E-state index is 11.3. The zero-order valence-electron chi connectivity index (χ0n) is 9.04. The van der Waals surface area contributed by atoms with Gasteiger partial charge in [-0.2, -0.15) is 0 Å². The topological polar surface area (TPSA) is 75.4 Å². The first kappa shape index (κ1) is 12.9. The number of nitrogens with two attached hydrogens (primary N) is 1.